The van der Waals surface area contributed by atoms with E-state index in [1.165, 1.54) is 0 Å². The number of pyridine rings is 1. The van der Waals surface area contributed by atoms with Crippen molar-refractivity contribution in [3.05, 3.63) is 109 Å². The summed E-state index contributed by atoms with van der Waals surface area (Å²) in [7, 11) is 1.66. The van der Waals surface area contributed by atoms with Crippen LogP contribution in [0.4, 0.5) is 5.69 Å². The highest BCUT2D eigenvalue weighted by molar-refractivity contribution is 7.80. The first-order chi connectivity index (χ1) is 17.6. The molecule has 2 aromatic heterocycles. The van der Waals surface area contributed by atoms with Crippen molar-refractivity contribution in [2.75, 3.05) is 19.0 Å². The summed E-state index contributed by atoms with van der Waals surface area (Å²) in [5.41, 5.74) is 3.73. The summed E-state index contributed by atoms with van der Waals surface area (Å²) >= 11 is 5.77. The third-order valence-electron chi connectivity index (χ3n) is 6.27. The highest BCUT2D eigenvalue weighted by atomic mass is 32.1. The predicted molar refractivity (Wildman–Crippen MR) is 144 cm³/mol. The van der Waals surface area contributed by atoms with E-state index in [1.54, 1.807) is 13.3 Å². The molecule has 1 fully saturated rings. The number of carbonyl (C=O) groups excluding carboxylic acids is 1. The Hall–Kier alpha value is -4.17. The van der Waals surface area contributed by atoms with Crippen molar-refractivity contribution in [2.45, 2.75) is 18.5 Å². The van der Waals surface area contributed by atoms with Crippen LogP contribution in [-0.4, -0.2) is 39.1 Å². The van der Waals surface area contributed by atoms with E-state index < -0.39 is 0 Å². The van der Waals surface area contributed by atoms with Gasteiger partial charge in [-0.2, -0.15) is 0 Å². The van der Waals surface area contributed by atoms with Crippen LogP contribution >= 0.6 is 12.2 Å². The Kier molecular flexibility index (Phi) is 6.95. The largest absolute Gasteiger partial charge is 0.497 e. The van der Waals surface area contributed by atoms with Gasteiger partial charge in [-0.15, -0.1) is 0 Å². The molecule has 2 aromatic carbocycles. The zero-order valence-corrected chi connectivity index (χ0v) is 20.7. The number of anilines is 1. The topological polar surface area (TPSA) is 71.4 Å². The number of benzene rings is 2. The molecule has 2 N–H and O–H groups in total. The Balaban J connectivity index is 1.44. The minimum Gasteiger partial charge on any atom is -0.497 e. The van der Waals surface area contributed by atoms with Crippen LogP contribution in [-0.2, 0) is 4.79 Å². The van der Waals surface area contributed by atoms with E-state index in [-0.39, 0.29) is 18.0 Å². The lowest BCUT2D eigenvalue weighted by Gasteiger charge is -2.29. The second kappa shape index (κ2) is 10.6. The van der Waals surface area contributed by atoms with E-state index >= 15 is 0 Å². The molecule has 8 heteroatoms. The maximum absolute atomic E-state index is 12.7. The summed E-state index contributed by atoms with van der Waals surface area (Å²) in [6.07, 6.45) is 4.12. The Labute approximate surface area is 215 Å². The van der Waals surface area contributed by atoms with Gasteiger partial charge in [0.05, 0.1) is 24.9 Å². The lowest BCUT2D eigenvalue weighted by Crippen LogP contribution is -2.33. The summed E-state index contributed by atoms with van der Waals surface area (Å²) in [4.78, 5) is 19.4. The molecule has 2 atom stereocenters. The van der Waals surface area contributed by atoms with Crippen LogP contribution in [0.5, 0.6) is 5.75 Å². The molecule has 1 amide bonds. The van der Waals surface area contributed by atoms with E-state index in [9.17, 15) is 4.79 Å². The second-order valence-corrected chi connectivity index (χ2v) is 8.87. The number of methoxy groups -OCH3 is 1. The Morgan fingerprint density at radius 1 is 1.03 bits per heavy atom. The highest BCUT2D eigenvalue weighted by Crippen LogP contribution is 2.39. The fourth-order valence-electron chi connectivity index (χ4n) is 4.55. The Morgan fingerprint density at radius 2 is 1.81 bits per heavy atom. The van der Waals surface area contributed by atoms with Gasteiger partial charge in [0.25, 0.3) is 0 Å². The first-order valence-electron chi connectivity index (χ1n) is 11.8. The average molecular weight is 498 g/mol. The minimum atomic E-state index is -0.164. The summed E-state index contributed by atoms with van der Waals surface area (Å²) in [5, 5.41) is 7.02. The van der Waals surface area contributed by atoms with Gasteiger partial charge in [0, 0.05) is 42.4 Å². The third kappa shape index (κ3) is 4.94. The predicted octanol–water partition coefficient (Wildman–Crippen LogP) is 4.88. The summed E-state index contributed by atoms with van der Waals surface area (Å²) in [6, 6.07) is 27.1. The van der Waals surface area contributed by atoms with Gasteiger partial charge in [-0.1, -0.05) is 24.3 Å². The van der Waals surface area contributed by atoms with Crippen LogP contribution < -0.4 is 15.4 Å². The number of amides is 1. The van der Waals surface area contributed by atoms with Crippen molar-refractivity contribution in [1.29, 1.82) is 0 Å². The summed E-state index contributed by atoms with van der Waals surface area (Å²) in [6.45, 7) is 0.465. The van der Waals surface area contributed by atoms with Crippen LogP contribution in [0, 0.1) is 0 Å². The molecule has 1 aliphatic rings. The number of carbonyl (C=O) groups is 1. The van der Waals surface area contributed by atoms with E-state index in [2.05, 4.69) is 31.2 Å². The van der Waals surface area contributed by atoms with E-state index in [4.69, 9.17) is 17.0 Å². The van der Waals surface area contributed by atoms with Crippen molar-refractivity contribution in [1.82, 2.24) is 19.8 Å². The Morgan fingerprint density at radius 3 is 2.53 bits per heavy atom. The third-order valence-corrected chi connectivity index (χ3v) is 6.62. The number of ether oxygens (including phenoxy) is 1. The van der Waals surface area contributed by atoms with Gasteiger partial charge in [-0.3, -0.25) is 9.78 Å². The molecule has 1 saturated heterocycles. The number of rotatable bonds is 8. The zero-order chi connectivity index (χ0) is 24.9. The monoisotopic (exact) mass is 497 g/mol. The number of aromatic nitrogens is 2. The molecule has 0 aliphatic carbocycles. The fraction of sp³-hybridized carbons (Fsp3) is 0.179. The van der Waals surface area contributed by atoms with Gasteiger partial charge in [0.2, 0.25) is 5.91 Å². The maximum Gasteiger partial charge on any atom is 0.226 e. The lowest BCUT2D eigenvalue weighted by atomic mass is 10.0. The first-order valence-corrected chi connectivity index (χ1v) is 12.2. The zero-order valence-electron chi connectivity index (χ0n) is 19.9. The molecular weight excluding hydrogens is 470 g/mol. The molecular formula is C28H27N5O2S. The highest BCUT2D eigenvalue weighted by Gasteiger charge is 2.41. The molecule has 3 heterocycles. The van der Waals surface area contributed by atoms with Gasteiger partial charge in [-0.05, 0) is 72.9 Å². The van der Waals surface area contributed by atoms with Crippen molar-refractivity contribution in [2.24, 2.45) is 0 Å². The van der Waals surface area contributed by atoms with E-state index in [0.717, 1.165) is 28.5 Å². The first kappa shape index (κ1) is 23.6. The van der Waals surface area contributed by atoms with Crippen molar-refractivity contribution in [3.63, 3.8) is 0 Å². The molecule has 0 saturated carbocycles. The van der Waals surface area contributed by atoms with Crippen LogP contribution in [0.1, 0.15) is 29.9 Å². The van der Waals surface area contributed by atoms with Crippen LogP contribution in [0.2, 0.25) is 0 Å². The molecule has 1 aliphatic heterocycles. The van der Waals surface area contributed by atoms with Crippen LogP contribution in [0.3, 0.4) is 0 Å². The lowest BCUT2D eigenvalue weighted by molar-refractivity contribution is -0.116. The van der Waals surface area contributed by atoms with Crippen molar-refractivity contribution in [3.8, 4) is 11.4 Å². The molecule has 5 rings (SSSR count). The number of nitrogens with zero attached hydrogens (tertiary/aromatic N) is 3. The molecule has 0 spiro atoms. The standard InChI is InChI=1S/C28H27N5O2S/c1-35-22-14-12-21(13-15-22)32-18-7-11-24(32)27-26(23-10-5-6-17-29-23)31-28(36)33(27)19-16-25(34)30-20-8-3-2-4-9-20/h2-15,17-18,26-27H,16,19H2,1H3,(H,30,34)(H,31,36)/t26-,27+/m1/s1. The van der Waals surface area contributed by atoms with Gasteiger partial charge in [0.15, 0.2) is 5.11 Å². The number of hydrogen-bond acceptors (Lipinski definition) is 4. The van der Waals surface area contributed by atoms with E-state index in [1.807, 2.05) is 85.1 Å². The molecule has 0 radical (unpaired) electrons. The van der Waals surface area contributed by atoms with Gasteiger partial charge in [0.1, 0.15) is 5.75 Å². The average Bonchev–Trinajstić information content (AvgIpc) is 3.52. The molecule has 182 valence electrons. The SMILES string of the molecule is COc1ccc(-n2cccc2[C@H]2[C@@H](c3ccccn3)NC(=S)N2CCC(=O)Nc2ccccc2)cc1. The molecule has 0 bridgehead atoms. The van der Waals surface area contributed by atoms with Gasteiger partial charge in [-0.25, -0.2) is 0 Å². The Bertz CT molecular complexity index is 1330. The van der Waals surface area contributed by atoms with Crippen LogP contribution in [0.15, 0.2) is 97.3 Å². The normalized spacial score (nSPS) is 17.0. The minimum absolute atomic E-state index is 0.0606. The van der Waals surface area contributed by atoms with Crippen molar-refractivity contribution < 1.29 is 9.53 Å². The quantitative estimate of drug-likeness (QED) is 0.338. The maximum atomic E-state index is 12.7. The van der Waals surface area contributed by atoms with Crippen molar-refractivity contribution >= 4 is 28.9 Å². The number of hydrogen-bond donors (Lipinski definition) is 2. The molecule has 7 nitrogen and oxygen atoms in total. The van der Waals surface area contributed by atoms with Gasteiger partial charge >= 0.3 is 0 Å². The fourth-order valence-corrected chi connectivity index (χ4v) is 4.88. The van der Waals surface area contributed by atoms with Crippen LogP contribution in [0.25, 0.3) is 5.69 Å². The number of para-hydroxylation sites is 1. The van der Waals surface area contributed by atoms with E-state index in [0.29, 0.717) is 18.1 Å². The number of nitrogens with one attached hydrogen (secondary N) is 2. The second-order valence-electron chi connectivity index (χ2n) is 8.49. The molecule has 4 aromatic rings. The molecule has 0 unspecified atom stereocenters. The molecule has 36 heavy (non-hydrogen) atoms. The summed E-state index contributed by atoms with van der Waals surface area (Å²) in [5.74, 6) is 0.739. The summed E-state index contributed by atoms with van der Waals surface area (Å²) < 4.78 is 7.47. The smallest absolute Gasteiger partial charge is 0.226 e. The van der Waals surface area contributed by atoms with Gasteiger partial charge < -0.3 is 24.8 Å². The number of thiocarbonyl (C=S) groups is 1.